The molecule has 2 rings (SSSR count). The molecule has 0 bridgehead atoms. The van der Waals surface area contributed by atoms with Crippen LogP contribution in [-0.4, -0.2) is 11.4 Å². The fourth-order valence-electron chi connectivity index (χ4n) is 2.34. The van der Waals surface area contributed by atoms with E-state index < -0.39 is 0 Å². The molecule has 0 aliphatic carbocycles. The van der Waals surface area contributed by atoms with Crippen molar-refractivity contribution in [2.75, 3.05) is 12.3 Å². The Morgan fingerprint density at radius 2 is 1.85 bits per heavy atom. The van der Waals surface area contributed by atoms with E-state index in [1.165, 1.54) is 11.1 Å². The summed E-state index contributed by atoms with van der Waals surface area (Å²) in [6, 6.07) is 16.1. The van der Waals surface area contributed by atoms with Gasteiger partial charge in [-0.1, -0.05) is 48.9 Å². The van der Waals surface area contributed by atoms with Crippen LogP contribution in [0.4, 0.5) is 5.69 Å². The average Bonchev–Trinajstić information content (AvgIpc) is 2.42. The molecule has 0 unspecified atom stereocenters. The fourth-order valence-corrected chi connectivity index (χ4v) is 2.56. The molecule has 2 N–H and O–H groups in total. The third-order valence-electron chi connectivity index (χ3n) is 3.28. The number of benzene rings is 2. The maximum atomic E-state index is 6.05. The number of nitrogen functional groups attached to an aromatic ring is 1. The predicted octanol–water partition coefficient (Wildman–Crippen LogP) is 4.33. The maximum Gasteiger partial charge on any atom is 0.0409 e. The summed E-state index contributed by atoms with van der Waals surface area (Å²) in [7, 11) is 0. The van der Waals surface area contributed by atoms with E-state index in [9.17, 15) is 0 Å². The van der Waals surface area contributed by atoms with Crippen LogP contribution in [0.1, 0.15) is 24.5 Å². The number of hydrogen-bond donors (Lipinski definition) is 1. The molecule has 0 spiro atoms. The van der Waals surface area contributed by atoms with Crippen LogP contribution in [0, 0.1) is 0 Å². The number of nitrogens with two attached hydrogens (primary N) is 1. The molecule has 0 saturated heterocycles. The highest BCUT2D eigenvalue weighted by molar-refractivity contribution is 6.30. The number of para-hydroxylation sites is 1. The van der Waals surface area contributed by atoms with Gasteiger partial charge in [0.25, 0.3) is 0 Å². The van der Waals surface area contributed by atoms with Crippen molar-refractivity contribution >= 4 is 17.3 Å². The Kier molecular flexibility index (Phi) is 5.45. The molecule has 0 atom stereocenters. The summed E-state index contributed by atoms with van der Waals surface area (Å²) in [5, 5.41) is 0.790. The minimum Gasteiger partial charge on any atom is -0.398 e. The SMILES string of the molecule is CCCN(Cc1cccc(Cl)c1)Cc1ccccc1N. The molecule has 0 saturated carbocycles. The smallest absolute Gasteiger partial charge is 0.0409 e. The minimum absolute atomic E-state index is 0.790. The van der Waals surface area contributed by atoms with Gasteiger partial charge in [0.1, 0.15) is 0 Å². The van der Waals surface area contributed by atoms with Crippen molar-refractivity contribution in [2.45, 2.75) is 26.4 Å². The lowest BCUT2D eigenvalue weighted by atomic mass is 10.1. The van der Waals surface area contributed by atoms with E-state index in [1.54, 1.807) is 0 Å². The van der Waals surface area contributed by atoms with E-state index in [0.29, 0.717) is 0 Å². The van der Waals surface area contributed by atoms with E-state index in [4.69, 9.17) is 17.3 Å². The molecule has 106 valence electrons. The summed E-state index contributed by atoms with van der Waals surface area (Å²) in [5.41, 5.74) is 9.32. The van der Waals surface area contributed by atoms with Crippen LogP contribution in [0.15, 0.2) is 48.5 Å². The van der Waals surface area contributed by atoms with Crippen LogP contribution in [0.5, 0.6) is 0 Å². The molecule has 2 aromatic rings. The Balaban J connectivity index is 2.09. The Bertz CT molecular complexity index is 554. The molecule has 20 heavy (non-hydrogen) atoms. The molecule has 3 heteroatoms. The van der Waals surface area contributed by atoms with Crippen molar-refractivity contribution in [3.05, 3.63) is 64.7 Å². The molecule has 0 amide bonds. The molecule has 0 aliphatic heterocycles. The fraction of sp³-hybridized carbons (Fsp3) is 0.294. The van der Waals surface area contributed by atoms with Gasteiger partial charge in [-0.3, -0.25) is 4.90 Å². The van der Waals surface area contributed by atoms with Crippen LogP contribution in [0.2, 0.25) is 5.02 Å². The van der Waals surface area contributed by atoms with Crippen LogP contribution >= 0.6 is 11.6 Å². The quantitative estimate of drug-likeness (QED) is 0.802. The van der Waals surface area contributed by atoms with Crippen molar-refractivity contribution in [2.24, 2.45) is 0 Å². The molecule has 2 nitrogen and oxygen atoms in total. The summed E-state index contributed by atoms with van der Waals surface area (Å²) >= 11 is 6.05. The van der Waals surface area contributed by atoms with Gasteiger partial charge in [-0.25, -0.2) is 0 Å². The summed E-state index contributed by atoms with van der Waals surface area (Å²) in [6.45, 7) is 5.00. The van der Waals surface area contributed by atoms with E-state index >= 15 is 0 Å². The molecule has 2 aromatic carbocycles. The highest BCUT2D eigenvalue weighted by Gasteiger charge is 2.08. The first-order valence-corrected chi connectivity index (χ1v) is 7.37. The van der Waals surface area contributed by atoms with Crippen molar-refractivity contribution in [3.8, 4) is 0 Å². The molecular weight excluding hydrogens is 268 g/mol. The third kappa shape index (κ3) is 4.26. The van der Waals surface area contributed by atoms with Gasteiger partial charge in [0, 0.05) is 23.8 Å². The number of halogens is 1. The van der Waals surface area contributed by atoms with Crippen LogP contribution < -0.4 is 5.73 Å². The van der Waals surface area contributed by atoms with Gasteiger partial charge in [0.2, 0.25) is 0 Å². The molecule has 0 aliphatic rings. The number of rotatable bonds is 6. The second-order valence-electron chi connectivity index (χ2n) is 5.04. The first-order chi connectivity index (χ1) is 9.69. The van der Waals surface area contributed by atoms with Crippen LogP contribution in [0.3, 0.4) is 0 Å². The van der Waals surface area contributed by atoms with Crippen molar-refractivity contribution in [1.29, 1.82) is 0 Å². The number of anilines is 1. The Hall–Kier alpha value is -1.51. The lowest BCUT2D eigenvalue weighted by Crippen LogP contribution is -2.24. The summed E-state index contributed by atoms with van der Waals surface area (Å²) in [6.07, 6.45) is 1.12. The van der Waals surface area contributed by atoms with Gasteiger partial charge >= 0.3 is 0 Å². The van der Waals surface area contributed by atoms with Gasteiger partial charge in [0.05, 0.1) is 0 Å². The maximum absolute atomic E-state index is 6.05. The Morgan fingerprint density at radius 1 is 1.05 bits per heavy atom. The van der Waals surface area contributed by atoms with Crippen LogP contribution in [-0.2, 0) is 13.1 Å². The van der Waals surface area contributed by atoms with Crippen molar-refractivity contribution in [3.63, 3.8) is 0 Å². The summed E-state index contributed by atoms with van der Waals surface area (Å²) < 4.78 is 0. The zero-order chi connectivity index (χ0) is 14.4. The minimum atomic E-state index is 0.790. The lowest BCUT2D eigenvalue weighted by Gasteiger charge is -2.22. The van der Waals surface area contributed by atoms with Gasteiger partial charge in [0.15, 0.2) is 0 Å². The Morgan fingerprint density at radius 3 is 2.55 bits per heavy atom. The van der Waals surface area contributed by atoms with E-state index in [1.807, 2.05) is 36.4 Å². The first-order valence-electron chi connectivity index (χ1n) is 6.99. The highest BCUT2D eigenvalue weighted by atomic mass is 35.5. The normalized spacial score (nSPS) is 10.9. The van der Waals surface area contributed by atoms with Crippen molar-refractivity contribution in [1.82, 2.24) is 4.90 Å². The highest BCUT2D eigenvalue weighted by Crippen LogP contribution is 2.17. The topological polar surface area (TPSA) is 29.3 Å². The van der Waals surface area contributed by atoms with Gasteiger partial charge < -0.3 is 5.73 Å². The van der Waals surface area contributed by atoms with E-state index in [0.717, 1.165) is 36.8 Å². The monoisotopic (exact) mass is 288 g/mol. The zero-order valence-corrected chi connectivity index (χ0v) is 12.6. The van der Waals surface area contributed by atoms with E-state index in [2.05, 4.69) is 24.0 Å². The average molecular weight is 289 g/mol. The Labute approximate surface area is 126 Å². The molecule has 0 aromatic heterocycles. The van der Waals surface area contributed by atoms with Crippen LogP contribution in [0.25, 0.3) is 0 Å². The standard InChI is InChI=1S/C17H21ClN2/c1-2-10-20(12-14-6-5-8-16(18)11-14)13-15-7-3-4-9-17(15)19/h3-9,11H,2,10,12-13,19H2,1H3. The first kappa shape index (κ1) is 14.9. The zero-order valence-electron chi connectivity index (χ0n) is 11.8. The molecule has 0 radical (unpaired) electrons. The molecule has 0 heterocycles. The molecule has 0 fully saturated rings. The largest absolute Gasteiger partial charge is 0.398 e. The van der Waals surface area contributed by atoms with Gasteiger partial charge in [-0.2, -0.15) is 0 Å². The number of hydrogen-bond acceptors (Lipinski definition) is 2. The third-order valence-corrected chi connectivity index (χ3v) is 3.52. The second kappa shape index (κ2) is 7.32. The van der Waals surface area contributed by atoms with Gasteiger partial charge in [-0.15, -0.1) is 0 Å². The molecular formula is C17H21ClN2. The summed E-state index contributed by atoms with van der Waals surface area (Å²) in [4.78, 5) is 2.40. The second-order valence-corrected chi connectivity index (χ2v) is 5.48. The van der Waals surface area contributed by atoms with Gasteiger partial charge in [-0.05, 0) is 42.3 Å². The number of nitrogens with zero attached hydrogens (tertiary/aromatic N) is 1. The van der Waals surface area contributed by atoms with Crippen molar-refractivity contribution < 1.29 is 0 Å². The predicted molar refractivity (Wildman–Crippen MR) is 86.7 cm³/mol. The lowest BCUT2D eigenvalue weighted by molar-refractivity contribution is 0.258. The van der Waals surface area contributed by atoms with E-state index in [-0.39, 0.29) is 0 Å². The summed E-state index contributed by atoms with van der Waals surface area (Å²) in [5.74, 6) is 0.